The molecule has 0 unspecified atom stereocenters. The highest BCUT2D eigenvalue weighted by atomic mass is 32.2. The molecule has 0 saturated carbocycles. The summed E-state index contributed by atoms with van der Waals surface area (Å²) in [5, 5.41) is 11.7. The van der Waals surface area contributed by atoms with Crippen LogP contribution in [0.25, 0.3) is 17.4 Å². The molecular formula is C31H27N3O4S. The van der Waals surface area contributed by atoms with Crippen molar-refractivity contribution in [2.45, 2.75) is 33.6 Å². The Balaban J connectivity index is 1.54. The maximum Gasteiger partial charge on any atom is 0.271 e. The lowest BCUT2D eigenvalue weighted by Crippen LogP contribution is -2.29. The first-order valence-corrected chi connectivity index (χ1v) is 13.5. The molecule has 4 aromatic rings. The minimum atomic E-state index is -0.418. The summed E-state index contributed by atoms with van der Waals surface area (Å²) in [5.41, 5.74) is 5.33. The molecule has 7 nitrogen and oxygen atoms in total. The lowest BCUT2D eigenvalue weighted by molar-refractivity contribution is -0.384. The number of furan rings is 1. The Morgan fingerprint density at radius 2 is 1.69 bits per heavy atom. The molecule has 1 saturated heterocycles. The SMILES string of the molecule is CCc1ccccc1N=C1S/C(=C/c2ccc(-c3ccc([N+](=O)[O-])cc3C)o2)C(=O)N1c1ccccc1CC. The maximum atomic E-state index is 13.8. The van der Waals surface area contributed by atoms with Gasteiger partial charge in [-0.1, -0.05) is 50.2 Å². The van der Waals surface area contributed by atoms with Gasteiger partial charge in [0.05, 0.1) is 21.2 Å². The molecule has 1 amide bonds. The second kappa shape index (κ2) is 11.1. The molecule has 0 bridgehead atoms. The van der Waals surface area contributed by atoms with Crippen molar-refractivity contribution in [3.05, 3.63) is 116 Å². The van der Waals surface area contributed by atoms with Crippen molar-refractivity contribution in [2.75, 3.05) is 4.90 Å². The number of nitro groups is 1. The first kappa shape index (κ1) is 26.2. The Morgan fingerprint density at radius 1 is 0.974 bits per heavy atom. The van der Waals surface area contributed by atoms with Gasteiger partial charge in [0.2, 0.25) is 0 Å². The molecule has 1 fully saturated rings. The lowest BCUT2D eigenvalue weighted by atomic mass is 10.1. The molecular weight excluding hydrogens is 510 g/mol. The second-order valence-corrected chi connectivity index (χ2v) is 10.1. The third kappa shape index (κ3) is 5.28. The van der Waals surface area contributed by atoms with Crippen LogP contribution in [-0.2, 0) is 17.6 Å². The smallest absolute Gasteiger partial charge is 0.271 e. The van der Waals surface area contributed by atoms with E-state index >= 15 is 0 Å². The number of amidine groups is 1. The number of thioether (sulfide) groups is 1. The third-order valence-electron chi connectivity index (χ3n) is 6.59. The van der Waals surface area contributed by atoms with Gasteiger partial charge in [0.15, 0.2) is 5.17 Å². The van der Waals surface area contributed by atoms with Crippen LogP contribution in [0.15, 0.2) is 93.2 Å². The standard InChI is InChI=1S/C31H27N3O4S/c1-4-21-10-6-8-12-26(21)32-31-33(27-13-9-7-11-22(27)5-2)30(35)29(39-31)19-24-15-17-28(38-24)25-16-14-23(34(36)37)18-20(25)3/h6-19H,4-5H2,1-3H3/b29-19+,32-31?. The van der Waals surface area contributed by atoms with Gasteiger partial charge in [0.1, 0.15) is 11.5 Å². The summed E-state index contributed by atoms with van der Waals surface area (Å²) in [4.78, 5) is 31.6. The van der Waals surface area contributed by atoms with Crippen molar-refractivity contribution < 1.29 is 14.1 Å². The van der Waals surface area contributed by atoms with Crippen LogP contribution in [0.4, 0.5) is 17.1 Å². The Kier molecular flexibility index (Phi) is 7.47. The van der Waals surface area contributed by atoms with Crippen molar-refractivity contribution in [2.24, 2.45) is 4.99 Å². The zero-order valence-electron chi connectivity index (χ0n) is 21.9. The van der Waals surface area contributed by atoms with Crippen molar-refractivity contribution in [1.82, 2.24) is 0 Å². The maximum absolute atomic E-state index is 13.8. The molecule has 0 radical (unpaired) electrons. The molecule has 0 aliphatic carbocycles. The number of benzene rings is 3. The van der Waals surface area contributed by atoms with Gasteiger partial charge in [0, 0.05) is 23.8 Å². The number of aryl methyl sites for hydroxylation is 3. The first-order valence-electron chi connectivity index (χ1n) is 12.7. The number of hydrogen-bond donors (Lipinski definition) is 0. The molecule has 0 N–H and O–H groups in total. The van der Waals surface area contributed by atoms with Gasteiger partial charge in [-0.2, -0.15) is 0 Å². The number of para-hydroxylation sites is 2. The number of aliphatic imine (C=N–C) groups is 1. The summed E-state index contributed by atoms with van der Waals surface area (Å²) in [5.74, 6) is 0.916. The fourth-order valence-corrected chi connectivity index (χ4v) is 5.52. The van der Waals surface area contributed by atoms with Gasteiger partial charge >= 0.3 is 0 Å². The monoisotopic (exact) mass is 537 g/mol. The average molecular weight is 538 g/mol. The summed E-state index contributed by atoms with van der Waals surface area (Å²) in [6.45, 7) is 5.96. The van der Waals surface area contributed by atoms with Crippen molar-refractivity contribution in [1.29, 1.82) is 0 Å². The number of carbonyl (C=O) groups excluding carboxylic acids is 1. The quantitative estimate of drug-likeness (QED) is 0.135. The second-order valence-electron chi connectivity index (χ2n) is 9.07. The average Bonchev–Trinajstić information content (AvgIpc) is 3.52. The number of nitro benzene ring substituents is 1. The highest BCUT2D eigenvalue weighted by Gasteiger charge is 2.36. The number of rotatable bonds is 7. The molecule has 1 aromatic heterocycles. The van der Waals surface area contributed by atoms with E-state index in [1.54, 1.807) is 36.1 Å². The Hall–Kier alpha value is -4.43. The van der Waals surface area contributed by atoms with Crippen LogP contribution in [0.2, 0.25) is 0 Å². The molecule has 3 aromatic carbocycles. The largest absolute Gasteiger partial charge is 0.457 e. The number of amides is 1. The molecule has 196 valence electrons. The highest BCUT2D eigenvalue weighted by Crippen LogP contribution is 2.40. The summed E-state index contributed by atoms with van der Waals surface area (Å²) in [7, 11) is 0. The van der Waals surface area contributed by atoms with Gasteiger partial charge < -0.3 is 4.42 Å². The van der Waals surface area contributed by atoms with Crippen molar-refractivity contribution in [3.8, 4) is 11.3 Å². The topological polar surface area (TPSA) is 89.0 Å². The van der Waals surface area contributed by atoms with Gasteiger partial charge in [-0.05, 0) is 78.5 Å². The zero-order valence-corrected chi connectivity index (χ0v) is 22.7. The lowest BCUT2D eigenvalue weighted by Gasteiger charge is -2.19. The van der Waals surface area contributed by atoms with Crippen molar-refractivity contribution in [3.63, 3.8) is 0 Å². The minimum Gasteiger partial charge on any atom is -0.457 e. The van der Waals surface area contributed by atoms with Gasteiger partial charge in [-0.15, -0.1) is 0 Å². The van der Waals surface area contributed by atoms with Gasteiger partial charge in [-0.25, -0.2) is 4.99 Å². The summed E-state index contributed by atoms with van der Waals surface area (Å²) in [6, 6.07) is 24.1. The van der Waals surface area contributed by atoms with Crippen LogP contribution >= 0.6 is 11.8 Å². The molecule has 2 heterocycles. The Morgan fingerprint density at radius 3 is 2.41 bits per heavy atom. The normalized spacial score (nSPS) is 15.5. The molecule has 1 aliphatic heterocycles. The van der Waals surface area contributed by atoms with E-state index in [-0.39, 0.29) is 11.6 Å². The van der Waals surface area contributed by atoms with Crippen LogP contribution in [0.3, 0.4) is 0 Å². The van der Waals surface area contributed by atoms with Crippen LogP contribution in [-0.4, -0.2) is 16.0 Å². The Bertz CT molecular complexity index is 1640. The van der Waals surface area contributed by atoms with Crippen molar-refractivity contribution >= 4 is 46.0 Å². The third-order valence-corrected chi connectivity index (χ3v) is 7.56. The molecule has 8 heteroatoms. The van der Waals surface area contributed by atoms with Gasteiger partial charge in [-0.3, -0.25) is 19.8 Å². The van der Waals surface area contributed by atoms with E-state index in [2.05, 4.69) is 13.8 Å². The van der Waals surface area contributed by atoms with Crippen LogP contribution in [0.1, 0.15) is 36.3 Å². The number of carbonyl (C=O) groups is 1. The zero-order chi connectivity index (χ0) is 27.5. The van der Waals surface area contributed by atoms with Crippen LogP contribution in [0.5, 0.6) is 0 Å². The van der Waals surface area contributed by atoms with E-state index in [0.29, 0.717) is 21.6 Å². The number of hydrogen-bond acceptors (Lipinski definition) is 6. The first-order chi connectivity index (χ1) is 18.9. The van der Waals surface area contributed by atoms with Crippen LogP contribution in [0, 0.1) is 17.0 Å². The van der Waals surface area contributed by atoms with E-state index in [9.17, 15) is 14.9 Å². The predicted octanol–water partition coefficient (Wildman–Crippen LogP) is 8.10. The number of non-ortho nitro benzene ring substituents is 1. The predicted molar refractivity (Wildman–Crippen MR) is 157 cm³/mol. The molecule has 0 spiro atoms. The summed E-state index contributed by atoms with van der Waals surface area (Å²) < 4.78 is 6.07. The van der Waals surface area contributed by atoms with Gasteiger partial charge in [0.25, 0.3) is 11.6 Å². The fourth-order valence-electron chi connectivity index (χ4n) is 4.55. The molecule has 0 atom stereocenters. The molecule has 39 heavy (non-hydrogen) atoms. The Labute approximate surface area is 231 Å². The van der Waals surface area contributed by atoms with Crippen LogP contribution < -0.4 is 4.90 Å². The summed E-state index contributed by atoms with van der Waals surface area (Å²) in [6.07, 6.45) is 3.34. The van der Waals surface area contributed by atoms with E-state index < -0.39 is 4.92 Å². The van der Waals surface area contributed by atoms with E-state index in [1.807, 2.05) is 48.5 Å². The fraction of sp³-hybridized carbons (Fsp3) is 0.161. The molecule has 5 rings (SSSR count). The highest BCUT2D eigenvalue weighted by molar-refractivity contribution is 8.19. The molecule has 1 aliphatic rings. The minimum absolute atomic E-state index is 0.0296. The number of nitrogens with zero attached hydrogens (tertiary/aromatic N) is 3. The number of anilines is 1. The summed E-state index contributed by atoms with van der Waals surface area (Å²) >= 11 is 1.32. The van der Waals surface area contributed by atoms with E-state index in [4.69, 9.17) is 9.41 Å². The van der Waals surface area contributed by atoms with E-state index in [0.717, 1.165) is 46.5 Å². The van der Waals surface area contributed by atoms with E-state index in [1.165, 1.54) is 23.9 Å².